The van der Waals surface area contributed by atoms with Gasteiger partial charge in [-0.15, -0.1) is 0 Å². The van der Waals surface area contributed by atoms with Crippen LogP contribution in [0.3, 0.4) is 0 Å². The third kappa shape index (κ3) is 3.04. The number of rotatable bonds is 5. The van der Waals surface area contributed by atoms with Crippen molar-refractivity contribution in [3.05, 3.63) is 12.2 Å². The second-order valence-electron chi connectivity index (χ2n) is 6.97. The van der Waals surface area contributed by atoms with Crippen LogP contribution >= 0.6 is 0 Å². The molecule has 0 radical (unpaired) electrons. The van der Waals surface area contributed by atoms with Crippen LogP contribution in [0.5, 0.6) is 0 Å². The molecule has 1 aliphatic carbocycles. The molecule has 5 nitrogen and oxygen atoms in total. The maximum absolute atomic E-state index is 4.48. The highest BCUT2D eigenvalue weighted by molar-refractivity contribution is 5.00. The number of aryl methyl sites for hydroxylation is 1. The van der Waals surface area contributed by atoms with Crippen molar-refractivity contribution in [2.24, 2.45) is 5.92 Å². The maximum atomic E-state index is 4.48. The molecule has 1 atom stereocenters. The first kappa shape index (κ1) is 14.0. The van der Waals surface area contributed by atoms with Gasteiger partial charge in [0.25, 0.3) is 0 Å². The molecule has 1 aliphatic heterocycles. The fourth-order valence-electron chi connectivity index (χ4n) is 3.30. The molecule has 3 rings (SSSR count). The summed E-state index contributed by atoms with van der Waals surface area (Å²) in [5.41, 5.74) is 0.195. The largest absolute Gasteiger partial charge is 0.309 e. The molecule has 1 aromatic rings. The van der Waals surface area contributed by atoms with Gasteiger partial charge in [-0.3, -0.25) is 4.90 Å². The Morgan fingerprint density at radius 2 is 2.20 bits per heavy atom. The minimum Gasteiger partial charge on any atom is -0.309 e. The van der Waals surface area contributed by atoms with E-state index in [4.69, 9.17) is 0 Å². The van der Waals surface area contributed by atoms with Crippen molar-refractivity contribution in [3.8, 4) is 0 Å². The fraction of sp³-hybridized carbons (Fsp3) is 0.867. The highest BCUT2D eigenvalue weighted by atomic mass is 15.4. The summed E-state index contributed by atoms with van der Waals surface area (Å²) < 4.78 is 2.07. The van der Waals surface area contributed by atoms with Crippen molar-refractivity contribution >= 4 is 0 Å². The van der Waals surface area contributed by atoms with Crippen LogP contribution in [0, 0.1) is 5.92 Å². The summed E-state index contributed by atoms with van der Waals surface area (Å²) in [6, 6.07) is 0.676. The Balaban J connectivity index is 1.73. The number of aromatic nitrogens is 3. The summed E-state index contributed by atoms with van der Waals surface area (Å²) in [6.07, 6.45) is 5.59. The molecule has 2 heterocycles. The highest BCUT2D eigenvalue weighted by Gasteiger charge is 2.41. The molecule has 1 saturated carbocycles. The van der Waals surface area contributed by atoms with Crippen LogP contribution in [0.25, 0.3) is 0 Å². The average Bonchev–Trinajstić information content (AvgIpc) is 3.13. The van der Waals surface area contributed by atoms with E-state index in [1.54, 1.807) is 6.33 Å². The molecule has 0 amide bonds. The van der Waals surface area contributed by atoms with Gasteiger partial charge in [0.15, 0.2) is 0 Å². The molecule has 2 aliphatic rings. The third-order valence-corrected chi connectivity index (χ3v) is 4.50. The second kappa shape index (κ2) is 5.45. The van der Waals surface area contributed by atoms with Crippen molar-refractivity contribution < 1.29 is 0 Å². The van der Waals surface area contributed by atoms with Gasteiger partial charge in [0.05, 0.1) is 6.54 Å². The molecule has 112 valence electrons. The summed E-state index contributed by atoms with van der Waals surface area (Å²) in [5.74, 6) is 2.01. The first-order valence-electron chi connectivity index (χ1n) is 7.95. The van der Waals surface area contributed by atoms with Gasteiger partial charge in [-0.2, -0.15) is 5.10 Å². The van der Waals surface area contributed by atoms with Crippen LogP contribution in [0.15, 0.2) is 6.33 Å². The van der Waals surface area contributed by atoms with E-state index >= 15 is 0 Å². The maximum Gasteiger partial charge on any atom is 0.141 e. The smallest absolute Gasteiger partial charge is 0.141 e. The molecular formula is C15H27N5. The Bertz CT molecular complexity index is 449. The number of hydrogen-bond donors (Lipinski definition) is 1. The lowest BCUT2D eigenvalue weighted by atomic mass is 9.96. The van der Waals surface area contributed by atoms with E-state index in [-0.39, 0.29) is 5.54 Å². The Hall–Kier alpha value is -0.940. The molecule has 1 aromatic heterocycles. The summed E-state index contributed by atoms with van der Waals surface area (Å²) >= 11 is 0. The van der Waals surface area contributed by atoms with Crippen molar-refractivity contribution in [3.63, 3.8) is 0 Å². The molecule has 1 N–H and O–H groups in total. The molecule has 2 fully saturated rings. The standard InChI is InChI=1S/C15H27N5/c1-4-7-20-14(16-11-18-20)9-19-10-15(2,3)17-8-13(19)12-5-6-12/h11-13,17H,4-10H2,1-3H3. The highest BCUT2D eigenvalue weighted by Crippen LogP contribution is 2.37. The van der Waals surface area contributed by atoms with E-state index < -0.39 is 0 Å². The summed E-state index contributed by atoms with van der Waals surface area (Å²) in [5, 5.41) is 8.05. The topological polar surface area (TPSA) is 46.0 Å². The van der Waals surface area contributed by atoms with E-state index in [1.807, 2.05) is 0 Å². The molecule has 0 bridgehead atoms. The van der Waals surface area contributed by atoms with Gasteiger partial charge in [-0.1, -0.05) is 6.92 Å². The molecule has 0 aromatic carbocycles. The zero-order chi connectivity index (χ0) is 14.2. The third-order valence-electron chi connectivity index (χ3n) is 4.50. The fourth-order valence-corrected chi connectivity index (χ4v) is 3.30. The predicted octanol–water partition coefficient (Wildman–Crippen LogP) is 1.65. The predicted molar refractivity (Wildman–Crippen MR) is 79.3 cm³/mol. The van der Waals surface area contributed by atoms with Crippen LogP contribution in [0.4, 0.5) is 0 Å². The van der Waals surface area contributed by atoms with Crippen LogP contribution in [0.2, 0.25) is 0 Å². The lowest BCUT2D eigenvalue weighted by molar-refractivity contribution is 0.0722. The first-order chi connectivity index (χ1) is 9.59. The number of nitrogens with one attached hydrogen (secondary N) is 1. The van der Waals surface area contributed by atoms with E-state index in [0.717, 1.165) is 44.3 Å². The second-order valence-corrected chi connectivity index (χ2v) is 6.97. The zero-order valence-corrected chi connectivity index (χ0v) is 13.0. The van der Waals surface area contributed by atoms with E-state index in [1.165, 1.54) is 12.8 Å². The lowest BCUT2D eigenvalue weighted by Crippen LogP contribution is -2.61. The Morgan fingerprint density at radius 1 is 1.40 bits per heavy atom. The van der Waals surface area contributed by atoms with Crippen molar-refractivity contribution in [1.29, 1.82) is 0 Å². The minimum atomic E-state index is 0.195. The van der Waals surface area contributed by atoms with E-state index in [0.29, 0.717) is 6.04 Å². The van der Waals surface area contributed by atoms with Gasteiger partial charge in [-0.05, 0) is 39.0 Å². The van der Waals surface area contributed by atoms with Crippen LogP contribution in [0.1, 0.15) is 45.9 Å². The molecule has 20 heavy (non-hydrogen) atoms. The van der Waals surface area contributed by atoms with Gasteiger partial charge in [0.1, 0.15) is 12.2 Å². The molecular weight excluding hydrogens is 250 g/mol. The SMILES string of the molecule is CCCn1ncnc1CN1CC(C)(C)NCC1C1CC1. The van der Waals surface area contributed by atoms with Crippen molar-refractivity contribution in [1.82, 2.24) is 25.0 Å². The van der Waals surface area contributed by atoms with Crippen molar-refractivity contribution in [2.75, 3.05) is 13.1 Å². The Labute approximate surface area is 121 Å². The summed E-state index contributed by atoms with van der Waals surface area (Å²) in [4.78, 5) is 7.11. The van der Waals surface area contributed by atoms with E-state index in [2.05, 4.69) is 45.8 Å². The van der Waals surface area contributed by atoms with Crippen LogP contribution < -0.4 is 5.32 Å². The molecule has 0 spiro atoms. The normalized spacial score (nSPS) is 26.9. The summed E-state index contributed by atoms with van der Waals surface area (Å²) in [7, 11) is 0. The lowest BCUT2D eigenvalue weighted by Gasteiger charge is -2.44. The van der Waals surface area contributed by atoms with Crippen molar-refractivity contribution in [2.45, 2.75) is 64.7 Å². The van der Waals surface area contributed by atoms with Gasteiger partial charge >= 0.3 is 0 Å². The van der Waals surface area contributed by atoms with Gasteiger partial charge in [0.2, 0.25) is 0 Å². The van der Waals surface area contributed by atoms with E-state index in [9.17, 15) is 0 Å². The Kier molecular flexibility index (Phi) is 3.82. The Morgan fingerprint density at radius 3 is 2.90 bits per heavy atom. The number of nitrogens with zero attached hydrogens (tertiary/aromatic N) is 4. The first-order valence-corrected chi connectivity index (χ1v) is 7.95. The minimum absolute atomic E-state index is 0.195. The number of piperazine rings is 1. The average molecular weight is 277 g/mol. The summed E-state index contributed by atoms with van der Waals surface area (Å²) in [6.45, 7) is 10.9. The van der Waals surface area contributed by atoms with Gasteiger partial charge in [-0.25, -0.2) is 9.67 Å². The molecule has 1 unspecified atom stereocenters. The monoisotopic (exact) mass is 277 g/mol. The quantitative estimate of drug-likeness (QED) is 0.889. The molecule has 1 saturated heterocycles. The van der Waals surface area contributed by atoms with Gasteiger partial charge in [0, 0.05) is 31.2 Å². The van der Waals surface area contributed by atoms with Crippen LogP contribution in [-0.4, -0.2) is 44.3 Å². The molecule has 5 heteroatoms. The van der Waals surface area contributed by atoms with Gasteiger partial charge < -0.3 is 5.32 Å². The van der Waals surface area contributed by atoms with Crippen LogP contribution in [-0.2, 0) is 13.1 Å². The zero-order valence-electron chi connectivity index (χ0n) is 13.0. The number of hydrogen-bond acceptors (Lipinski definition) is 4.